The van der Waals surface area contributed by atoms with Crippen LogP contribution in [0.3, 0.4) is 0 Å². The van der Waals surface area contributed by atoms with E-state index in [1.165, 1.54) is 0 Å². The summed E-state index contributed by atoms with van der Waals surface area (Å²) in [6.45, 7) is 0. The number of benzene rings is 1. The van der Waals surface area contributed by atoms with Crippen molar-refractivity contribution in [1.29, 1.82) is 0 Å². The molecule has 0 aliphatic heterocycles. The van der Waals surface area contributed by atoms with E-state index in [9.17, 15) is 0 Å². The van der Waals surface area contributed by atoms with Gasteiger partial charge >= 0.3 is 0 Å². The Balaban J connectivity index is 3.23. The summed E-state index contributed by atoms with van der Waals surface area (Å²) >= 11 is 10.3. The predicted molar refractivity (Wildman–Crippen MR) is 67.8 cm³/mol. The molecule has 0 unspecified atom stereocenters. The van der Waals surface area contributed by atoms with Gasteiger partial charge in [0.2, 0.25) is 0 Å². The molecule has 1 rings (SSSR count). The van der Waals surface area contributed by atoms with Crippen molar-refractivity contribution in [1.82, 2.24) is 0 Å². The van der Waals surface area contributed by atoms with E-state index in [1.54, 1.807) is 14.2 Å². The monoisotopic (exact) mass is 386 g/mol. The molecule has 5 heteroatoms. The molecule has 0 aliphatic rings. The average molecular weight is 389 g/mol. The van der Waals surface area contributed by atoms with Gasteiger partial charge in [-0.1, -0.05) is 47.8 Å². The Labute approximate surface area is 108 Å². The SMILES string of the molecule is COc1cc(Br)c(C(Br)Br)cc1OC. The Bertz CT molecular complexity index is 326. The van der Waals surface area contributed by atoms with Crippen LogP contribution in [0.25, 0.3) is 0 Å². The highest BCUT2D eigenvalue weighted by Gasteiger charge is 2.13. The second-order valence-corrected chi connectivity index (χ2v) is 6.44. The first-order valence-electron chi connectivity index (χ1n) is 3.79. The van der Waals surface area contributed by atoms with Crippen molar-refractivity contribution in [3.63, 3.8) is 0 Å². The van der Waals surface area contributed by atoms with Crippen molar-refractivity contribution in [2.24, 2.45) is 0 Å². The van der Waals surface area contributed by atoms with E-state index in [0.29, 0.717) is 5.75 Å². The molecule has 2 nitrogen and oxygen atoms in total. The van der Waals surface area contributed by atoms with Crippen LogP contribution >= 0.6 is 47.8 Å². The third kappa shape index (κ3) is 2.64. The van der Waals surface area contributed by atoms with Gasteiger partial charge in [0.1, 0.15) is 0 Å². The van der Waals surface area contributed by atoms with Gasteiger partial charge in [0.05, 0.1) is 18.0 Å². The van der Waals surface area contributed by atoms with Crippen molar-refractivity contribution in [3.05, 3.63) is 22.2 Å². The molecule has 0 aromatic heterocycles. The molecular formula is C9H9Br3O2. The molecule has 0 aliphatic carbocycles. The number of ether oxygens (including phenoxy) is 2. The maximum atomic E-state index is 5.19. The van der Waals surface area contributed by atoms with E-state index >= 15 is 0 Å². The second-order valence-electron chi connectivity index (χ2n) is 2.53. The maximum absolute atomic E-state index is 5.19. The number of methoxy groups -OCH3 is 2. The van der Waals surface area contributed by atoms with E-state index in [4.69, 9.17) is 9.47 Å². The summed E-state index contributed by atoms with van der Waals surface area (Å²) in [5, 5.41) is 0. The topological polar surface area (TPSA) is 18.5 Å². The summed E-state index contributed by atoms with van der Waals surface area (Å²) in [4.78, 5) is 0. The van der Waals surface area contributed by atoms with Crippen molar-refractivity contribution in [3.8, 4) is 11.5 Å². The number of rotatable bonds is 3. The minimum atomic E-state index is 0.0872. The number of hydrogen-bond acceptors (Lipinski definition) is 2. The molecule has 1 aromatic carbocycles. The standard InChI is InChI=1S/C9H9Br3O2/c1-13-7-3-5(9(11)12)6(10)4-8(7)14-2/h3-4,9H,1-2H3. The molecular weight excluding hydrogens is 380 g/mol. The smallest absolute Gasteiger partial charge is 0.161 e. The molecule has 78 valence electrons. The first kappa shape index (κ1) is 12.3. The minimum Gasteiger partial charge on any atom is -0.493 e. The van der Waals surface area contributed by atoms with Crippen LogP contribution in [0.15, 0.2) is 16.6 Å². The molecule has 0 saturated carbocycles. The maximum Gasteiger partial charge on any atom is 0.161 e. The summed E-state index contributed by atoms with van der Waals surface area (Å²) < 4.78 is 11.4. The molecule has 0 heterocycles. The fourth-order valence-corrected chi connectivity index (χ4v) is 2.96. The third-order valence-corrected chi connectivity index (χ3v) is 3.41. The lowest BCUT2D eigenvalue weighted by molar-refractivity contribution is 0.354. The molecule has 0 fully saturated rings. The van der Waals surface area contributed by atoms with Crippen molar-refractivity contribution >= 4 is 47.8 Å². The lowest BCUT2D eigenvalue weighted by atomic mass is 10.2. The molecule has 0 N–H and O–H groups in total. The van der Waals surface area contributed by atoms with Gasteiger partial charge in [-0.2, -0.15) is 0 Å². The lowest BCUT2D eigenvalue weighted by Crippen LogP contribution is -1.93. The fourth-order valence-electron chi connectivity index (χ4n) is 1.04. The highest BCUT2D eigenvalue weighted by Crippen LogP contribution is 2.40. The molecule has 0 atom stereocenters. The molecule has 0 saturated heterocycles. The number of alkyl halides is 2. The Kier molecular flexibility index (Phi) is 4.73. The lowest BCUT2D eigenvalue weighted by Gasteiger charge is -2.12. The summed E-state index contributed by atoms with van der Waals surface area (Å²) in [7, 11) is 3.23. The first-order valence-corrected chi connectivity index (χ1v) is 6.42. The highest BCUT2D eigenvalue weighted by molar-refractivity contribution is 9.24. The van der Waals surface area contributed by atoms with Crippen LogP contribution in [0.2, 0.25) is 0 Å². The van der Waals surface area contributed by atoms with E-state index in [2.05, 4.69) is 47.8 Å². The van der Waals surface area contributed by atoms with Gasteiger partial charge in [0.15, 0.2) is 11.5 Å². The van der Waals surface area contributed by atoms with Crippen molar-refractivity contribution < 1.29 is 9.47 Å². The molecule has 1 aromatic rings. The zero-order valence-electron chi connectivity index (χ0n) is 7.68. The molecule has 0 bridgehead atoms. The minimum absolute atomic E-state index is 0.0872. The summed E-state index contributed by atoms with van der Waals surface area (Å²) in [5.74, 6) is 1.43. The summed E-state index contributed by atoms with van der Waals surface area (Å²) in [6.07, 6.45) is 0. The van der Waals surface area contributed by atoms with Gasteiger partial charge in [0, 0.05) is 4.47 Å². The van der Waals surface area contributed by atoms with Crippen LogP contribution in [0.5, 0.6) is 11.5 Å². The first-order chi connectivity index (χ1) is 6.60. The van der Waals surface area contributed by atoms with Crippen LogP contribution in [-0.4, -0.2) is 14.2 Å². The zero-order chi connectivity index (χ0) is 10.7. The van der Waals surface area contributed by atoms with Gasteiger partial charge in [-0.3, -0.25) is 0 Å². The summed E-state index contributed by atoms with van der Waals surface area (Å²) in [6, 6.07) is 3.79. The Morgan fingerprint density at radius 1 is 1.07 bits per heavy atom. The molecule has 0 spiro atoms. The Morgan fingerprint density at radius 2 is 1.57 bits per heavy atom. The largest absolute Gasteiger partial charge is 0.493 e. The number of hydrogen-bond donors (Lipinski definition) is 0. The third-order valence-electron chi connectivity index (χ3n) is 1.74. The zero-order valence-corrected chi connectivity index (χ0v) is 12.4. The quantitative estimate of drug-likeness (QED) is 0.720. The Hall–Kier alpha value is 0.260. The van der Waals surface area contributed by atoms with Gasteiger partial charge in [-0.25, -0.2) is 0 Å². The van der Waals surface area contributed by atoms with E-state index < -0.39 is 0 Å². The van der Waals surface area contributed by atoms with Gasteiger partial charge in [0.25, 0.3) is 0 Å². The van der Waals surface area contributed by atoms with Gasteiger partial charge in [-0.05, 0) is 17.7 Å². The van der Waals surface area contributed by atoms with Crippen molar-refractivity contribution in [2.45, 2.75) is 3.74 Å². The van der Waals surface area contributed by atoms with Crippen LogP contribution in [0.1, 0.15) is 9.30 Å². The predicted octanol–water partition coefficient (Wildman–Crippen LogP) is 4.25. The summed E-state index contributed by atoms with van der Waals surface area (Å²) in [5.41, 5.74) is 1.06. The fraction of sp³-hybridized carbons (Fsp3) is 0.333. The van der Waals surface area contributed by atoms with E-state index in [0.717, 1.165) is 15.8 Å². The Morgan fingerprint density at radius 3 is 2.00 bits per heavy atom. The second kappa shape index (κ2) is 5.37. The normalized spacial score (nSPS) is 10.4. The van der Waals surface area contributed by atoms with Crippen LogP contribution in [0, 0.1) is 0 Å². The van der Waals surface area contributed by atoms with E-state index in [-0.39, 0.29) is 3.74 Å². The molecule has 14 heavy (non-hydrogen) atoms. The average Bonchev–Trinajstić information content (AvgIpc) is 2.16. The number of halogens is 3. The molecule has 0 amide bonds. The van der Waals surface area contributed by atoms with Crippen molar-refractivity contribution in [2.75, 3.05) is 14.2 Å². The molecule has 0 radical (unpaired) electrons. The van der Waals surface area contributed by atoms with Crippen LogP contribution in [0.4, 0.5) is 0 Å². The highest BCUT2D eigenvalue weighted by atomic mass is 79.9. The van der Waals surface area contributed by atoms with Crippen LogP contribution in [-0.2, 0) is 0 Å². The van der Waals surface area contributed by atoms with Gasteiger partial charge < -0.3 is 9.47 Å². The van der Waals surface area contributed by atoms with Crippen LogP contribution < -0.4 is 9.47 Å². The van der Waals surface area contributed by atoms with Gasteiger partial charge in [-0.15, -0.1) is 0 Å². The van der Waals surface area contributed by atoms with E-state index in [1.807, 2.05) is 12.1 Å².